The van der Waals surface area contributed by atoms with Crippen LogP contribution in [-0.4, -0.2) is 52.3 Å². The third-order valence-electron chi connectivity index (χ3n) is 4.24. The number of aliphatic hydroxyl groups is 1. The van der Waals surface area contributed by atoms with Crippen molar-refractivity contribution in [1.82, 2.24) is 14.9 Å². The molecule has 0 radical (unpaired) electrons. The highest BCUT2D eigenvalue weighted by Crippen LogP contribution is 2.24. The van der Waals surface area contributed by atoms with Gasteiger partial charge in [-0.2, -0.15) is 5.26 Å². The Bertz CT molecular complexity index is 1070. The molecule has 0 aliphatic rings. The number of aromatic amines is 1. The fourth-order valence-corrected chi connectivity index (χ4v) is 3.45. The summed E-state index contributed by atoms with van der Waals surface area (Å²) in [4.78, 5) is 22.3. The first-order chi connectivity index (χ1) is 14.0. The molecule has 0 unspecified atom stereocenters. The molecule has 1 aromatic heterocycles. The predicted molar refractivity (Wildman–Crippen MR) is 116 cm³/mol. The maximum atomic E-state index is 12.4. The molecule has 3 aromatic rings. The molecule has 0 saturated carbocycles. The molecule has 3 N–H and O–H groups in total. The van der Waals surface area contributed by atoms with Gasteiger partial charge in [-0.05, 0) is 37.6 Å². The number of H-pyrrole nitrogens is 1. The summed E-state index contributed by atoms with van der Waals surface area (Å²) in [6, 6.07) is 16.9. The number of aliphatic hydroxyl groups excluding tert-OH is 1. The van der Waals surface area contributed by atoms with Crippen LogP contribution in [0.2, 0.25) is 0 Å². The van der Waals surface area contributed by atoms with E-state index in [4.69, 9.17) is 0 Å². The molecule has 0 aliphatic carbocycles. The molecule has 0 saturated heterocycles. The van der Waals surface area contributed by atoms with Crippen LogP contribution >= 0.6 is 11.8 Å². The molecule has 1 heterocycles. The number of para-hydroxylation sites is 3. The summed E-state index contributed by atoms with van der Waals surface area (Å²) in [7, 11) is 1.70. The van der Waals surface area contributed by atoms with Gasteiger partial charge < -0.3 is 15.4 Å². The highest BCUT2D eigenvalue weighted by molar-refractivity contribution is 7.98. The van der Waals surface area contributed by atoms with Crippen LogP contribution in [0, 0.1) is 11.3 Å². The van der Waals surface area contributed by atoms with Crippen molar-refractivity contribution in [3.63, 3.8) is 0 Å². The predicted octanol–water partition coefficient (Wildman–Crippen LogP) is 3.65. The summed E-state index contributed by atoms with van der Waals surface area (Å²) in [6.07, 6.45) is 1.95. The Hall–Kier alpha value is -3.28. The number of nitriles is 1. The molecule has 0 fully saturated rings. The first kappa shape index (κ1) is 20.5. The quantitative estimate of drug-likeness (QED) is 0.314. The molecule has 0 bridgehead atoms. The van der Waals surface area contributed by atoms with E-state index in [2.05, 4.69) is 15.3 Å². The Kier molecular flexibility index (Phi) is 6.54. The van der Waals surface area contributed by atoms with Gasteiger partial charge in [-0.25, -0.2) is 4.98 Å². The average molecular weight is 407 g/mol. The van der Waals surface area contributed by atoms with Gasteiger partial charge in [0, 0.05) is 4.90 Å². The maximum absolute atomic E-state index is 12.4. The van der Waals surface area contributed by atoms with Crippen LogP contribution in [0.25, 0.3) is 16.6 Å². The molecular formula is C21H21N5O2S. The molecule has 0 spiro atoms. The lowest BCUT2D eigenvalue weighted by atomic mass is 10.2. The van der Waals surface area contributed by atoms with Crippen LogP contribution in [0.1, 0.15) is 5.82 Å². The van der Waals surface area contributed by atoms with Crippen LogP contribution in [-0.2, 0) is 4.79 Å². The van der Waals surface area contributed by atoms with Gasteiger partial charge in [-0.15, -0.1) is 11.8 Å². The number of nitrogens with one attached hydrogen (secondary N) is 2. The molecule has 3 rings (SSSR count). The van der Waals surface area contributed by atoms with E-state index in [-0.39, 0.29) is 30.3 Å². The highest BCUT2D eigenvalue weighted by atomic mass is 32.2. The SMILES string of the molecule is CSc1ccccc1NC(=O)CN(C)C/C(O)=C(\C#N)c1nc2ccccc2[nH]1. The van der Waals surface area contributed by atoms with Crippen molar-refractivity contribution >= 4 is 40.0 Å². The number of thioether (sulfide) groups is 1. The van der Waals surface area contributed by atoms with Crippen molar-refractivity contribution in [2.24, 2.45) is 0 Å². The average Bonchev–Trinajstić information content (AvgIpc) is 3.12. The number of fused-ring (bicyclic) bond motifs is 1. The Morgan fingerprint density at radius 2 is 1.97 bits per heavy atom. The van der Waals surface area contributed by atoms with E-state index in [0.717, 1.165) is 16.1 Å². The number of hydrogen-bond donors (Lipinski definition) is 3. The van der Waals surface area contributed by atoms with Crippen LogP contribution in [0.15, 0.2) is 59.2 Å². The summed E-state index contributed by atoms with van der Waals surface area (Å²) in [5.41, 5.74) is 2.30. The van der Waals surface area contributed by atoms with E-state index in [1.165, 1.54) is 0 Å². The van der Waals surface area contributed by atoms with Gasteiger partial charge in [0.2, 0.25) is 5.91 Å². The van der Waals surface area contributed by atoms with Gasteiger partial charge in [-0.3, -0.25) is 9.69 Å². The summed E-state index contributed by atoms with van der Waals surface area (Å²) in [5.74, 6) is -0.0478. The Morgan fingerprint density at radius 1 is 1.24 bits per heavy atom. The summed E-state index contributed by atoms with van der Waals surface area (Å²) < 4.78 is 0. The molecule has 7 nitrogen and oxygen atoms in total. The lowest BCUT2D eigenvalue weighted by Gasteiger charge is -2.17. The standard InChI is InChI=1S/C21H21N5O2S/c1-26(13-20(28)23-17-9-5-6-10-19(17)29-2)12-18(27)14(11-22)21-24-15-7-3-4-8-16(15)25-21/h3-10,27H,12-13H2,1-2H3,(H,23,28)(H,24,25)/b18-14-. The minimum atomic E-state index is -0.205. The van der Waals surface area contributed by atoms with E-state index in [9.17, 15) is 15.2 Å². The van der Waals surface area contributed by atoms with Crippen molar-refractivity contribution in [3.05, 3.63) is 60.1 Å². The molecule has 0 aliphatic heterocycles. The van der Waals surface area contributed by atoms with Gasteiger partial charge in [0.1, 0.15) is 17.4 Å². The zero-order valence-corrected chi connectivity index (χ0v) is 17.0. The smallest absolute Gasteiger partial charge is 0.238 e. The van der Waals surface area contributed by atoms with E-state index in [1.807, 2.05) is 60.9 Å². The Labute approximate surface area is 173 Å². The van der Waals surface area contributed by atoms with Crippen LogP contribution < -0.4 is 5.32 Å². The third-order valence-corrected chi connectivity index (χ3v) is 5.04. The second-order valence-corrected chi connectivity index (χ2v) is 7.30. The largest absolute Gasteiger partial charge is 0.509 e. The molecular weight excluding hydrogens is 386 g/mol. The van der Waals surface area contributed by atoms with Gasteiger partial charge in [-0.1, -0.05) is 24.3 Å². The van der Waals surface area contributed by atoms with Crippen LogP contribution in [0.5, 0.6) is 0 Å². The van der Waals surface area contributed by atoms with E-state index in [1.54, 1.807) is 23.7 Å². The monoisotopic (exact) mass is 407 g/mol. The number of carbonyl (C=O) groups is 1. The fourth-order valence-electron chi connectivity index (χ4n) is 2.90. The number of hydrogen-bond acceptors (Lipinski definition) is 6. The first-order valence-corrected chi connectivity index (χ1v) is 10.1. The van der Waals surface area contributed by atoms with Gasteiger partial charge in [0.25, 0.3) is 0 Å². The number of rotatable bonds is 7. The van der Waals surface area contributed by atoms with Crippen molar-refractivity contribution in [1.29, 1.82) is 5.26 Å². The highest BCUT2D eigenvalue weighted by Gasteiger charge is 2.16. The number of aromatic nitrogens is 2. The van der Waals surface area contributed by atoms with Gasteiger partial charge in [0.15, 0.2) is 5.82 Å². The van der Waals surface area contributed by atoms with Crippen molar-refractivity contribution < 1.29 is 9.90 Å². The van der Waals surface area contributed by atoms with E-state index in [0.29, 0.717) is 11.3 Å². The third kappa shape index (κ3) is 4.96. The number of allylic oxidation sites excluding steroid dienone is 1. The zero-order chi connectivity index (χ0) is 20.8. The minimum Gasteiger partial charge on any atom is -0.509 e. The summed E-state index contributed by atoms with van der Waals surface area (Å²) >= 11 is 1.55. The molecule has 148 valence electrons. The molecule has 0 atom stereocenters. The lowest BCUT2D eigenvalue weighted by Crippen LogP contribution is -2.32. The minimum absolute atomic E-state index is 0.0392. The molecule has 2 aromatic carbocycles. The summed E-state index contributed by atoms with van der Waals surface area (Å²) in [6.45, 7) is 0.100. The molecule has 1 amide bonds. The van der Waals surface area contributed by atoms with Gasteiger partial charge in [0.05, 0.1) is 29.8 Å². The maximum Gasteiger partial charge on any atom is 0.238 e. The lowest BCUT2D eigenvalue weighted by molar-refractivity contribution is -0.117. The Balaban J connectivity index is 1.68. The van der Waals surface area contributed by atoms with Gasteiger partial charge >= 0.3 is 0 Å². The second-order valence-electron chi connectivity index (χ2n) is 6.46. The zero-order valence-electron chi connectivity index (χ0n) is 16.1. The second kappa shape index (κ2) is 9.28. The number of anilines is 1. The number of imidazole rings is 1. The van der Waals surface area contributed by atoms with Crippen LogP contribution in [0.3, 0.4) is 0 Å². The number of benzene rings is 2. The fraction of sp³-hybridized carbons (Fsp3) is 0.190. The Morgan fingerprint density at radius 3 is 2.69 bits per heavy atom. The number of amides is 1. The topological polar surface area (TPSA) is 105 Å². The number of nitrogens with zero attached hydrogens (tertiary/aromatic N) is 3. The number of likely N-dealkylation sites (N-methyl/N-ethyl adjacent to an activating group) is 1. The summed E-state index contributed by atoms with van der Waals surface area (Å²) in [5, 5.41) is 22.8. The van der Waals surface area contributed by atoms with E-state index < -0.39 is 0 Å². The van der Waals surface area contributed by atoms with Crippen molar-refractivity contribution in [3.8, 4) is 6.07 Å². The normalized spacial score (nSPS) is 11.9. The van der Waals surface area contributed by atoms with Crippen LogP contribution in [0.4, 0.5) is 5.69 Å². The molecule has 29 heavy (non-hydrogen) atoms. The number of carbonyl (C=O) groups excluding carboxylic acids is 1. The first-order valence-electron chi connectivity index (χ1n) is 8.90. The van der Waals surface area contributed by atoms with Crippen molar-refractivity contribution in [2.75, 3.05) is 31.7 Å². The van der Waals surface area contributed by atoms with E-state index >= 15 is 0 Å². The molecule has 8 heteroatoms. The van der Waals surface area contributed by atoms with Crippen molar-refractivity contribution in [2.45, 2.75) is 4.90 Å².